The van der Waals surface area contributed by atoms with Gasteiger partial charge in [-0.3, -0.25) is 19.1 Å². The molecular formula is C17H23N4O3S+. The van der Waals surface area contributed by atoms with Crippen molar-refractivity contribution in [2.75, 3.05) is 18.8 Å². The van der Waals surface area contributed by atoms with Gasteiger partial charge in [-0.25, -0.2) is 4.79 Å². The van der Waals surface area contributed by atoms with Gasteiger partial charge in [-0.15, -0.1) is 11.3 Å². The van der Waals surface area contributed by atoms with Gasteiger partial charge >= 0.3 is 5.69 Å². The normalized spacial score (nSPS) is 19.6. The van der Waals surface area contributed by atoms with E-state index in [1.807, 2.05) is 6.92 Å². The van der Waals surface area contributed by atoms with E-state index in [2.05, 4.69) is 23.4 Å². The molecule has 3 heterocycles. The van der Waals surface area contributed by atoms with Crippen LogP contribution in [0.15, 0.2) is 21.0 Å². The maximum Gasteiger partial charge on any atom is 0.329 e. The second kappa shape index (κ2) is 6.97. The van der Waals surface area contributed by atoms with Crippen LogP contribution in [-0.4, -0.2) is 28.4 Å². The highest BCUT2D eigenvalue weighted by molar-refractivity contribution is 7.10. The van der Waals surface area contributed by atoms with Gasteiger partial charge in [0.1, 0.15) is 24.0 Å². The highest BCUT2D eigenvalue weighted by Crippen LogP contribution is 2.24. The molecule has 25 heavy (non-hydrogen) atoms. The van der Waals surface area contributed by atoms with Gasteiger partial charge in [-0.1, -0.05) is 6.92 Å². The van der Waals surface area contributed by atoms with Gasteiger partial charge in [0.2, 0.25) is 5.78 Å². The number of quaternary nitrogens is 1. The van der Waals surface area contributed by atoms with Crippen LogP contribution in [0.2, 0.25) is 0 Å². The number of carbonyl (C=O) groups is 1. The van der Waals surface area contributed by atoms with E-state index in [1.165, 1.54) is 15.0 Å². The van der Waals surface area contributed by atoms with Crippen molar-refractivity contribution in [3.63, 3.8) is 0 Å². The lowest BCUT2D eigenvalue weighted by Gasteiger charge is -2.30. The molecule has 1 aliphatic heterocycles. The summed E-state index contributed by atoms with van der Waals surface area (Å²) < 4.78 is 1.26. The van der Waals surface area contributed by atoms with E-state index >= 15 is 0 Å². The lowest BCUT2D eigenvalue weighted by molar-refractivity contribution is -0.923. The minimum absolute atomic E-state index is 0.0270. The molecule has 0 bridgehead atoms. The van der Waals surface area contributed by atoms with Crippen LogP contribution >= 0.6 is 11.3 Å². The summed E-state index contributed by atoms with van der Waals surface area (Å²) in [5, 5.41) is 2.08. The first-order chi connectivity index (χ1) is 11.9. The van der Waals surface area contributed by atoms with E-state index in [-0.39, 0.29) is 29.8 Å². The second-order valence-corrected chi connectivity index (χ2v) is 7.45. The third-order valence-electron chi connectivity index (χ3n) is 4.89. The highest BCUT2D eigenvalue weighted by Gasteiger charge is 2.31. The first kappa shape index (κ1) is 17.6. The second-order valence-electron chi connectivity index (χ2n) is 6.45. The average molecular weight is 363 g/mol. The number of rotatable bonds is 5. The summed E-state index contributed by atoms with van der Waals surface area (Å²) in [6, 6.07) is 2.30. The number of aromatic nitrogens is 2. The van der Waals surface area contributed by atoms with Crippen molar-refractivity contribution in [1.82, 2.24) is 9.55 Å². The number of nitrogens with zero attached hydrogens (tertiary/aromatic N) is 1. The Bertz CT molecular complexity index is 911. The van der Waals surface area contributed by atoms with Crippen molar-refractivity contribution in [3.05, 3.63) is 48.3 Å². The molecular weight excluding hydrogens is 340 g/mol. The lowest BCUT2D eigenvalue weighted by atomic mass is 10.0. The topological polar surface area (TPSA) is 102 Å². The van der Waals surface area contributed by atoms with E-state index in [4.69, 9.17) is 5.73 Å². The van der Waals surface area contributed by atoms with Crippen LogP contribution < -0.4 is 21.9 Å². The fraction of sp³-hybridized carbons (Fsp3) is 0.471. The zero-order valence-corrected chi connectivity index (χ0v) is 15.2. The summed E-state index contributed by atoms with van der Waals surface area (Å²) in [6.07, 6.45) is 1.61. The number of hydrogen-bond donors (Lipinski definition) is 3. The zero-order chi connectivity index (χ0) is 18.1. The van der Waals surface area contributed by atoms with Crippen molar-refractivity contribution in [2.45, 2.75) is 39.3 Å². The molecule has 3 rings (SSSR count). The lowest BCUT2D eigenvalue weighted by Crippen LogP contribution is -3.13. The molecule has 1 unspecified atom stereocenters. The Balaban J connectivity index is 1.89. The van der Waals surface area contributed by atoms with Crippen LogP contribution in [0.5, 0.6) is 0 Å². The number of nitrogens with two attached hydrogens (primary N) is 1. The summed E-state index contributed by atoms with van der Waals surface area (Å²) in [6.45, 7) is 5.39. The Kier molecular flexibility index (Phi) is 4.91. The number of fused-ring (bicyclic) bond motifs is 1. The Morgan fingerprint density at radius 1 is 1.48 bits per heavy atom. The molecule has 0 aromatic carbocycles. The predicted molar refractivity (Wildman–Crippen MR) is 97.5 cm³/mol. The van der Waals surface area contributed by atoms with E-state index < -0.39 is 11.2 Å². The quantitative estimate of drug-likeness (QED) is 0.650. The molecule has 7 nitrogen and oxygen atoms in total. The van der Waals surface area contributed by atoms with Crippen LogP contribution in [-0.2, 0) is 13.0 Å². The number of hydrogen-bond acceptors (Lipinski definition) is 5. The fourth-order valence-corrected chi connectivity index (χ4v) is 4.47. The minimum atomic E-state index is -0.694. The van der Waals surface area contributed by atoms with Gasteiger partial charge in [-0.2, -0.15) is 0 Å². The van der Waals surface area contributed by atoms with Crippen LogP contribution in [0, 0.1) is 0 Å². The maximum absolute atomic E-state index is 12.8. The standard InChI is InChI=1S/C17H22N4O3S/c1-3-6-21-15(18)14(16(23)19-17(21)24)12(22)9-20-7-4-13-11(10(20)2)5-8-25-13/h5,8,10H,3-4,6-7,9,18H2,1-2H3,(H,19,23,24)/p+1/t10-/m0/s1. The van der Waals surface area contributed by atoms with Crippen molar-refractivity contribution >= 4 is 22.9 Å². The Morgan fingerprint density at radius 2 is 2.24 bits per heavy atom. The van der Waals surface area contributed by atoms with Crippen LogP contribution in [0.3, 0.4) is 0 Å². The molecule has 0 saturated carbocycles. The number of H-pyrrole nitrogens is 1. The Labute approximate surface area is 149 Å². The van der Waals surface area contributed by atoms with Crippen molar-refractivity contribution in [1.29, 1.82) is 0 Å². The summed E-state index contributed by atoms with van der Waals surface area (Å²) in [4.78, 5) is 41.5. The van der Waals surface area contributed by atoms with E-state index in [9.17, 15) is 14.4 Å². The largest absolute Gasteiger partial charge is 0.384 e. The first-order valence-electron chi connectivity index (χ1n) is 8.50. The Hall–Kier alpha value is -2.19. The molecule has 8 heteroatoms. The summed E-state index contributed by atoms with van der Waals surface area (Å²) >= 11 is 1.75. The van der Waals surface area contributed by atoms with Gasteiger partial charge < -0.3 is 10.6 Å². The van der Waals surface area contributed by atoms with E-state index in [0.29, 0.717) is 13.0 Å². The minimum Gasteiger partial charge on any atom is -0.384 e. The summed E-state index contributed by atoms with van der Waals surface area (Å²) in [7, 11) is 0. The number of nitrogen functional groups attached to an aromatic ring is 1. The van der Waals surface area contributed by atoms with Gasteiger partial charge in [-0.05, 0) is 24.8 Å². The Morgan fingerprint density at radius 3 is 2.96 bits per heavy atom. The molecule has 4 N–H and O–H groups in total. The smallest absolute Gasteiger partial charge is 0.329 e. The number of carbonyl (C=O) groups excluding carboxylic acids is 1. The zero-order valence-electron chi connectivity index (χ0n) is 14.4. The van der Waals surface area contributed by atoms with Gasteiger partial charge in [0.05, 0.1) is 6.54 Å². The number of Topliss-reactive ketones (excluding diaryl/α,β-unsaturated/α-hetero) is 1. The highest BCUT2D eigenvalue weighted by atomic mass is 32.1. The third-order valence-corrected chi connectivity index (χ3v) is 5.88. The van der Waals surface area contributed by atoms with Crippen LogP contribution in [0.4, 0.5) is 5.82 Å². The summed E-state index contributed by atoms with van der Waals surface area (Å²) in [5.41, 5.74) is 5.91. The molecule has 2 aromatic rings. The molecule has 0 amide bonds. The van der Waals surface area contributed by atoms with Gasteiger partial charge in [0.25, 0.3) is 5.56 Å². The summed E-state index contributed by atoms with van der Waals surface area (Å²) in [5.74, 6) is -0.343. The molecule has 0 spiro atoms. The van der Waals surface area contributed by atoms with Crippen LogP contribution in [0.1, 0.15) is 47.1 Å². The molecule has 0 fully saturated rings. The van der Waals surface area contributed by atoms with Crippen molar-refractivity contribution < 1.29 is 9.69 Å². The van der Waals surface area contributed by atoms with E-state index in [1.54, 1.807) is 11.3 Å². The molecule has 0 radical (unpaired) electrons. The fourth-order valence-electron chi connectivity index (χ4n) is 3.49. The number of nitrogens with one attached hydrogen (secondary N) is 2. The molecule has 0 aliphatic carbocycles. The van der Waals surface area contributed by atoms with Crippen LogP contribution in [0.25, 0.3) is 0 Å². The van der Waals surface area contributed by atoms with Crippen molar-refractivity contribution in [2.24, 2.45) is 0 Å². The number of anilines is 1. The van der Waals surface area contributed by atoms with Crippen molar-refractivity contribution in [3.8, 4) is 0 Å². The molecule has 0 saturated heterocycles. The monoisotopic (exact) mass is 363 g/mol. The molecule has 2 atom stereocenters. The number of aromatic amines is 1. The SMILES string of the molecule is CCCn1c(N)c(C(=O)C[NH+]2CCc3sccc3[C@@H]2C)c(=O)[nH]c1=O. The number of thiophene rings is 1. The first-order valence-corrected chi connectivity index (χ1v) is 9.38. The van der Waals surface area contributed by atoms with E-state index in [0.717, 1.165) is 17.9 Å². The molecule has 2 aromatic heterocycles. The predicted octanol–water partition coefficient (Wildman–Crippen LogP) is -0.0248. The third kappa shape index (κ3) is 3.19. The molecule has 134 valence electrons. The number of ketones is 1. The average Bonchev–Trinajstić information content (AvgIpc) is 3.03. The van der Waals surface area contributed by atoms with Gasteiger partial charge in [0, 0.05) is 23.4 Å². The molecule has 1 aliphatic rings. The van der Waals surface area contributed by atoms with Gasteiger partial charge in [0.15, 0.2) is 0 Å². The maximum atomic E-state index is 12.8.